The largest absolute Gasteiger partial charge is 0.479 e. The molecule has 0 fully saturated rings. The fourth-order valence-corrected chi connectivity index (χ4v) is 1.57. The maximum Gasteiger partial charge on any atom is 0.334 e. The van der Waals surface area contributed by atoms with Crippen LogP contribution in [0.1, 0.15) is 19.6 Å². The second-order valence-electron chi connectivity index (χ2n) is 3.69. The number of furan rings is 1. The zero-order chi connectivity index (χ0) is 12.7. The number of rotatable bonds is 8. The van der Waals surface area contributed by atoms with E-state index in [1.807, 2.05) is 24.0 Å². The Morgan fingerprint density at radius 2 is 2.35 bits per heavy atom. The number of carbonyl (C=O) groups is 1. The molecule has 1 unspecified atom stereocenters. The van der Waals surface area contributed by atoms with E-state index < -0.39 is 12.1 Å². The van der Waals surface area contributed by atoms with Gasteiger partial charge in [0.2, 0.25) is 0 Å². The third-order valence-electron chi connectivity index (χ3n) is 2.47. The van der Waals surface area contributed by atoms with Gasteiger partial charge < -0.3 is 14.3 Å². The first-order valence-electron chi connectivity index (χ1n) is 5.76. The Bertz CT molecular complexity index is 323. The molecular weight excluding hydrogens is 222 g/mol. The molecule has 0 spiro atoms. The van der Waals surface area contributed by atoms with Gasteiger partial charge in [-0.2, -0.15) is 0 Å². The summed E-state index contributed by atoms with van der Waals surface area (Å²) >= 11 is 0. The topological polar surface area (TPSA) is 62.9 Å². The highest BCUT2D eigenvalue weighted by Gasteiger charge is 2.21. The normalized spacial score (nSPS) is 12.9. The average Bonchev–Trinajstić information content (AvgIpc) is 2.79. The van der Waals surface area contributed by atoms with Crippen LogP contribution in [0.4, 0.5) is 0 Å². The van der Waals surface area contributed by atoms with Gasteiger partial charge in [-0.15, -0.1) is 0 Å². The third kappa shape index (κ3) is 4.58. The molecule has 1 N–H and O–H groups in total. The van der Waals surface area contributed by atoms with Crippen molar-refractivity contribution in [2.24, 2.45) is 0 Å². The van der Waals surface area contributed by atoms with Crippen LogP contribution in [0.15, 0.2) is 22.8 Å². The molecule has 1 heterocycles. The van der Waals surface area contributed by atoms with E-state index in [0.29, 0.717) is 19.7 Å². The molecule has 0 aliphatic carbocycles. The molecule has 0 saturated carbocycles. The molecule has 0 aliphatic rings. The minimum absolute atomic E-state index is 0.361. The first-order chi connectivity index (χ1) is 8.17. The summed E-state index contributed by atoms with van der Waals surface area (Å²) < 4.78 is 10.4. The summed E-state index contributed by atoms with van der Waals surface area (Å²) in [5.74, 6) is -0.0998. The summed E-state index contributed by atoms with van der Waals surface area (Å²) in [5, 5.41) is 9.00. The third-order valence-corrected chi connectivity index (χ3v) is 2.47. The van der Waals surface area contributed by atoms with Gasteiger partial charge >= 0.3 is 5.97 Å². The molecule has 1 aromatic heterocycles. The molecule has 1 aromatic rings. The number of carboxylic acid groups (broad SMARTS) is 1. The van der Waals surface area contributed by atoms with Crippen LogP contribution in [0.3, 0.4) is 0 Å². The molecule has 1 rings (SSSR count). The van der Waals surface area contributed by atoms with Crippen LogP contribution < -0.4 is 0 Å². The van der Waals surface area contributed by atoms with Crippen LogP contribution in [0.2, 0.25) is 0 Å². The van der Waals surface area contributed by atoms with Gasteiger partial charge in [-0.3, -0.25) is 4.90 Å². The molecule has 96 valence electrons. The van der Waals surface area contributed by atoms with Crippen LogP contribution in [0.25, 0.3) is 0 Å². The zero-order valence-corrected chi connectivity index (χ0v) is 10.3. The molecule has 0 amide bonds. The van der Waals surface area contributed by atoms with Gasteiger partial charge in [0, 0.05) is 13.2 Å². The van der Waals surface area contributed by atoms with E-state index >= 15 is 0 Å². The molecular formula is C12H19NO4. The van der Waals surface area contributed by atoms with Crippen LogP contribution in [0.5, 0.6) is 0 Å². The maximum atomic E-state index is 11.0. The average molecular weight is 241 g/mol. The van der Waals surface area contributed by atoms with E-state index in [4.69, 9.17) is 14.3 Å². The van der Waals surface area contributed by atoms with Gasteiger partial charge in [0.1, 0.15) is 5.76 Å². The lowest BCUT2D eigenvalue weighted by Gasteiger charge is -2.23. The minimum Gasteiger partial charge on any atom is -0.479 e. The summed E-state index contributed by atoms with van der Waals surface area (Å²) in [4.78, 5) is 12.9. The van der Waals surface area contributed by atoms with E-state index in [2.05, 4.69) is 0 Å². The van der Waals surface area contributed by atoms with Crippen LogP contribution in [-0.4, -0.2) is 41.8 Å². The smallest absolute Gasteiger partial charge is 0.334 e. The van der Waals surface area contributed by atoms with Gasteiger partial charge in [-0.05, 0) is 25.6 Å². The highest BCUT2D eigenvalue weighted by molar-refractivity contribution is 5.72. The van der Waals surface area contributed by atoms with Gasteiger partial charge in [0.15, 0.2) is 6.10 Å². The Morgan fingerprint density at radius 3 is 2.82 bits per heavy atom. The lowest BCUT2D eigenvalue weighted by Crippen LogP contribution is -2.38. The summed E-state index contributed by atoms with van der Waals surface area (Å²) in [6, 6.07) is 3.69. The standard InChI is InChI=1S/C12H19NO4/c1-3-13(8-10-6-5-7-17-10)9-11(12(14)15)16-4-2/h5-7,11H,3-4,8-9H2,1-2H3,(H,14,15). The van der Waals surface area contributed by atoms with E-state index in [1.54, 1.807) is 13.2 Å². The lowest BCUT2D eigenvalue weighted by molar-refractivity contribution is -0.151. The fourth-order valence-electron chi connectivity index (χ4n) is 1.57. The predicted molar refractivity (Wildman–Crippen MR) is 62.7 cm³/mol. The van der Waals surface area contributed by atoms with Crippen molar-refractivity contribution in [2.75, 3.05) is 19.7 Å². The molecule has 5 nitrogen and oxygen atoms in total. The number of likely N-dealkylation sites (N-methyl/N-ethyl adjacent to an activating group) is 1. The van der Waals surface area contributed by atoms with Gasteiger partial charge in [-0.1, -0.05) is 6.92 Å². The van der Waals surface area contributed by atoms with Gasteiger partial charge in [-0.25, -0.2) is 4.79 Å². The number of nitrogens with zero attached hydrogens (tertiary/aromatic N) is 1. The SMILES string of the molecule is CCOC(CN(CC)Cc1ccco1)C(=O)O. The van der Waals surface area contributed by atoms with Crippen molar-refractivity contribution in [2.45, 2.75) is 26.5 Å². The molecule has 5 heteroatoms. The van der Waals surface area contributed by atoms with E-state index in [9.17, 15) is 4.79 Å². The summed E-state index contributed by atoms with van der Waals surface area (Å²) in [6.07, 6.45) is 0.829. The molecule has 0 aliphatic heterocycles. The number of hydrogen-bond acceptors (Lipinski definition) is 4. The Kier molecular flexibility index (Phi) is 5.72. The fraction of sp³-hybridized carbons (Fsp3) is 0.583. The van der Waals surface area contributed by atoms with Crippen molar-refractivity contribution in [1.29, 1.82) is 0 Å². The van der Waals surface area contributed by atoms with E-state index in [0.717, 1.165) is 12.3 Å². The number of ether oxygens (including phenoxy) is 1. The lowest BCUT2D eigenvalue weighted by atomic mass is 10.3. The first-order valence-corrected chi connectivity index (χ1v) is 5.76. The molecule has 0 aromatic carbocycles. The highest BCUT2D eigenvalue weighted by atomic mass is 16.5. The molecule has 1 atom stereocenters. The zero-order valence-electron chi connectivity index (χ0n) is 10.3. The van der Waals surface area contributed by atoms with Crippen molar-refractivity contribution in [3.8, 4) is 0 Å². The maximum absolute atomic E-state index is 11.0. The van der Waals surface area contributed by atoms with Crippen molar-refractivity contribution < 1.29 is 19.1 Å². The Labute approximate surface area is 101 Å². The van der Waals surface area contributed by atoms with Crippen molar-refractivity contribution >= 4 is 5.97 Å². The molecule has 0 bridgehead atoms. The number of carboxylic acids is 1. The quantitative estimate of drug-likeness (QED) is 0.748. The molecule has 17 heavy (non-hydrogen) atoms. The summed E-state index contributed by atoms with van der Waals surface area (Å²) in [6.45, 7) is 5.88. The Balaban J connectivity index is 2.52. The molecule has 0 radical (unpaired) electrons. The first kappa shape index (κ1) is 13.7. The van der Waals surface area contributed by atoms with Crippen molar-refractivity contribution in [1.82, 2.24) is 4.90 Å². The van der Waals surface area contributed by atoms with Crippen molar-refractivity contribution in [3.05, 3.63) is 24.2 Å². The summed E-state index contributed by atoms with van der Waals surface area (Å²) in [5.41, 5.74) is 0. The predicted octanol–water partition coefficient (Wildman–Crippen LogP) is 1.59. The highest BCUT2D eigenvalue weighted by Crippen LogP contribution is 2.07. The second-order valence-corrected chi connectivity index (χ2v) is 3.69. The minimum atomic E-state index is -0.926. The monoisotopic (exact) mass is 241 g/mol. The van der Waals surface area contributed by atoms with Gasteiger partial charge in [0.05, 0.1) is 12.8 Å². The van der Waals surface area contributed by atoms with Crippen LogP contribution in [0, 0.1) is 0 Å². The van der Waals surface area contributed by atoms with E-state index in [1.165, 1.54) is 0 Å². The number of aliphatic carboxylic acids is 1. The van der Waals surface area contributed by atoms with E-state index in [-0.39, 0.29) is 0 Å². The van der Waals surface area contributed by atoms with Gasteiger partial charge in [0.25, 0.3) is 0 Å². The Hall–Kier alpha value is -1.33. The molecule has 0 saturated heterocycles. The van der Waals surface area contributed by atoms with Crippen LogP contribution >= 0.6 is 0 Å². The van der Waals surface area contributed by atoms with Crippen molar-refractivity contribution in [3.63, 3.8) is 0 Å². The number of hydrogen-bond donors (Lipinski definition) is 1. The summed E-state index contributed by atoms with van der Waals surface area (Å²) in [7, 11) is 0. The van der Waals surface area contributed by atoms with Crippen LogP contribution in [-0.2, 0) is 16.1 Å². The Morgan fingerprint density at radius 1 is 1.59 bits per heavy atom. The second kappa shape index (κ2) is 7.09.